The molecule has 1 aliphatic heterocycles. The van der Waals surface area contributed by atoms with E-state index in [1.165, 1.54) is 15.5 Å². The lowest BCUT2D eigenvalue weighted by Gasteiger charge is -2.30. The van der Waals surface area contributed by atoms with Gasteiger partial charge in [0.15, 0.2) is 5.82 Å². The van der Waals surface area contributed by atoms with Crippen LogP contribution in [0.2, 0.25) is 0 Å². The lowest BCUT2D eigenvalue weighted by Crippen LogP contribution is -2.37. The van der Waals surface area contributed by atoms with Gasteiger partial charge in [0, 0.05) is 19.2 Å². The van der Waals surface area contributed by atoms with Crippen LogP contribution in [0, 0.1) is 5.92 Å². The summed E-state index contributed by atoms with van der Waals surface area (Å²) in [6.45, 7) is 4.99. The molecule has 0 saturated carbocycles. The number of benzene rings is 2. The maximum absolute atomic E-state index is 11.1. The van der Waals surface area contributed by atoms with Crippen LogP contribution in [0.1, 0.15) is 43.7 Å². The Hall–Kier alpha value is -3.75. The van der Waals surface area contributed by atoms with Crippen molar-refractivity contribution >= 4 is 6.09 Å². The number of carbonyl (C=O) groups is 1. The SMILES string of the molecule is CC(C)c1cc(-c2nnc(O)n2-c2ccc(CC3CCN(C(=O)O)CC3)cc2)c(O)cc1O. The van der Waals surface area contributed by atoms with Gasteiger partial charge in [0.25, 0.3) is 0 Å². The van der Waals surface area contributed by atoms with Gasteiger partial charge in [-0.1, -0.05) is 31.1 Å². The third kappa shape index (κ3) is 4.57. The molecule has 9 nitrogen and oxygen atoms in total. The average molecular weight is 453 g/mol. The zero-order chi connectivity index (χ0) is 23.7. The fourth-order valence-electron chi connectivity index (χ4n) is 4.37. The number of phenolic OH excluding ortho intramolecular Hbond substituents is 2. The van der Waals surface area contributed by atoms with Crippen molar-refractivity contribution in [3.63, 3.8) is 0 Å². The fourth-order valence-corrected chi connectivity index (χ4v) is 4.37. The van der Waals surface area contributed by atoms with Crippen molar-refractivity contribution in [2.45, 2.75) is 39.0 Å². The molecule has 3 aromatic rings. The summed E-state index contributed by atoms with van der Waals surface area (Å²) in [5, 5.41) is 47.9. The highest BCUT2D eigenvalue weighted by Crippen LogP contribution is 2.38. The standard InChI is InChI=1S/C24H28N4O5/c1-14(2)18-12-19(21(30)13-20(18)29)22-25-26-23(31)28(22)17-5-3-15(4-6-17)11-16-7-9-27(10-8-16)24(32)33/h3-6,12-14,16,29-30H,7-11H2,1-2H3,(H,26,31)(H,32,33). The van der Waals surface area contributed by atoms with Gasteiger partial charge >= 0.3 is 12.1 Å². The van der Waals surface area contributed by atoms with Crippen molar-refractivity contribution in [3.05, 3.63) is 47.5 Å². The highest BCUT2D eigenvalue weighted by Gasteiger charge is 2.23. The number of piperidine rings is 1. The molecule has 0 radical (unpaired) electrons. The monoisotopic (exact) mass is 452 g/mol. The Labute approximate surface area is 191 Å². The molecule has 0 spiro atoms. The van der Waals surface area contributed by atoms with Gasteiger partial charge < -0.3 is 25.3 Å². The zero-order valence-corrected chi connectivity index (χ0v) is 18.6. The smallest absolute Gasteiger partial charge is 0.407 e. The maximum atomic E-state index is 11.1. The quantitative estimate of drug-likeness (QED) is 0.458. The largest absolute Gasteiger partial charge is 0.508 e. The number of likely N-dealkylation sites (tertiary alicyclic amines) is 1. The van der Waals surface area contributed by atoms with E-state index < -0.39 is 6.09 Å². The van der Waals surface area contributed by atoms with Crippen molar-refractivity contribution < 1.29 is 25.2 Å². The van der Waals surface area contributed by atoms with Crippen LogP contribution in [0.25, 0.3) is 17.1 Å². The molecule has 1 aliphatic rings. The lowest BCUT2D eigenvalue weighted by molar-refractivity contribution is 0.124. The van der Waals surface area contributed by atoms with Gasteiger partial charge in [0.2, 0.25) is 0 Å². The molecule has 0 unspecified atom stereocenters. The van der Waals surface area contributed by atoms with E-state index in [0.717, 1.165) is 24.8 Å². The Kier molecular flexibility index (Phi) is 6.13. The Morgan fingerprint density at radius 2 is 1.70 bits per heavy atom. The molecule has 1 fully saturated rings. The molecule has 1 aromatic heterocycles. The van der Waals surface area contributed by atoms with E-state index in [1.54, 1.807) is 6.07 Å². The molecule has 4 N–H and O–H groups in total. The van der Waals surface area contributed by atoms with Gasteiger partial charge in [-0.3, -0.25) is 0 Å². The summed E-state index contributed by atoms with van der Waals surface area (Å²) >= 11 is 0. The molecular formula is C24H28N4O5. The first-order valence-electron chi connectivity index (χ1n) is 11.0. The van der Waals surface area contributed by atoms with E-state index in [1.807, 2.05) is 38.1 Å². The van der Waals surface area contributed by atoms with Gasteiger partial charge in [-0.25, -0.2) is 9.36 Å². The first-order chi connectivity index (χ1) is 15.7. The number of aromatic hydroxyl groups is 3. The van der Waals surface area contributed by atoms with E-state index in [4.69, 9.17) is 5.11 Å². The van der Waals surface area contributed by atoms with Crippen LogP contribution < -0.4 is 0 Å². The molecular weight excluding hydrogens is 424 g/mol. The summed E-state index contributed by atoms with van der Waals surface area (Å²) in [6.07, 6.45) is 1.67. The summed E-state index contributed by atoms with van der Waals surface area (Å²) < 4.78 is 1.45. The second-order valence-electron chi connectivity index (χ2n) is 8.83. The van der Waals surface area contributed by atoms with Crippen LogP contribution in [0.15, 0.2) is 36.4 Å². The minimum Gasteiger partial charge on any atom is -0.508 e. The van der Waals surface area contributed by atoms with E-state index in [2.05, 4.69) is 10.2 Å². The summed E-state index contributed by atoms with van der Waals surface area (Å²) in [5.41, 5.74) is 2.77. The first kappa shape index (κ1) is 22.4. The number of phenols is 2. The number of hydrogen-bond acceptors (Lipinski definition) is 6. The van der Waals surface area contributed by atoms with Crippen LogP contribution in [0.4, 0.5) is 4.79 Å². The molecule has 2 heterocycles. The number of amides is 1. The Bertz CT molecular complexity index is 1150. The number of hydrogen-bond donors (Lipinski definition) is 4. The minimum absolute atomic E-state index is 0.0000725. The Balaban J connectivity index is 1.58. The van der Waals surface area contributed by atoms with Crippen molar-refractivity contribution in [3.8, 4) is 34.6 Å². The predicted molar refractivity (Wildman–Crippen MR) is 122 cm³/mol. The number of nitrogens with zero attached hydrogens (tertiary/aromatic N) is 4. The van der Waals surface area contributed by atoms with Crippen LogP contribution in [-0.4, -0.2) is 59.3 Å². The normalized spacial score (nSPS) is 14.7. The molecule has 0 atom stereocenters. The van der Waals surface area contributed by atoms with Crippen molar-refractivity contribution in [1.82, 2.24) is 19.7 Å². The summed E-state index contributed by atoms with van der Waals surface area (Å²) in [4.78, 5) is 12.5. The topological polar surface area (TPSA) is 132 Å². The highest BCUT2D eigenvalue weighted by molar-refractivity contribution is 5.69. The molecule has 9 heteroatoms. The van der Waals surface area contributed by atoms with Gasteiger partial charge in [0.1, 0.15) is 11.5 Å². The Morgan fingerprint density at radius 3 is 2.30 bits per heavy atom. The van der Waals surface area contributed by atoms with Crippen LogP contribution in [0.3, 0.4) is 0 Å². The van der Waals surface area contributed by atoms with Crippen LogP contribution in [0.5, 0.6) is 17.5 Å². The fraction of sp³-hybridized carbons (Fsp3) is 0.375. The van der Waals surface area contributed by atoms with Gasteiger partial charge in [0.05, 0.1) is 11.3 Å². The average Bonchev–Trinajstić information content (AvgIpc) is 3.15. The summed E-state index contributed by atoms with van der Waals surface area (Å²) in [6, 6.07) is 10.3. The molecule has 0 aliphatic carbocycles. The molecule has 4 rings (SSSR count). The summed E-state index contributed by atoms with van der Waals surface area (Å²) in [5.74, 6) is 0.556. The summed E-state index contributed by atoms with van der Waals surface area (Å²) in [7, 11) is 0. The van der Waals surface area contributed by atoms with E-state index in [0.29, 0.717) is 35.8 Å². The highest BCUT2D eigenvalue weighted by atomic mass is 16.4. The van der Waals surface area contributed by atoms with E-state index in [9.17, 15) is 20.1 Å². The van der Waals surface area contributed by atoms with Crippen molar-refractivity contribution in [2.24, 2.45) is 5.92 Å². The van der Waals surface area contributed by atoms with Gasteiger partial charge in [-0.15, -0.1) is 5.10 Å². The molecule has 1 saturated heterocycles. The van der Waals surface area contributed by atoms with Gasteiger partial charge in [-0.05, 0) is 60.4 Å². The zero-order valence-electron chi connectivity index (χ0n) is 18.6. The number of aromatic nitrogens is 3. The first-order valence-corrected chi connectivity index (χ1v) is 11.0. The van der Waals surface area contributed by atoms with Crippen molar-refractivity contribution in [2.75, 3.05) is 13.1 Å². The molecule has 33 heavy (non-hydrogen) atoms. The van der Waals surface area contributed by atoms with E-state index in [-0.39, 0.29) is 29.3 Å². The second-order valence-corrected chi connectivity index (χ2v) is 8.83. The van der Waals surface area contributed by atoms with Crippen molar-refractivity contribution in [1.29, 1.82) is 0 Å². The molecule has 1 amide bonds. The lowest BCUT2D eigenvalue weighted by atomic mass is 9.90. The number of carboxylic acid groups (broad SMARTS) is 1. The molecule has 174 valence electrons. The third-order valence-corrected chi connectivity index (χ3v) is 6.26. The number of rotatable bonds is 5. The Morgan fingerprint density at radius 1 is 1.03 bits per heavy atom. The minimum atomic E-state index is -0.859. The van der Waals surface area contributed by atoms with E-state index >= 15 is 0 Å². The predicted octanol–water partition coefficient (Wildman–Crippen LogP) is 4.11. The van der Waals surface area contributed by atoms with Crippen LogP contribution >= 0.6 is 0 Å². The molecule has 2 aromatic carbocycles. The van der Waals surface area contributed by atoms with Gasteiger partial charge in [-0.2, -0.15) is 0 Å². The second kappa shape index (κ2) is 9.01. The molecule has 0 bridgehead atoms. The van der Waals surface area contributed by atoms with Crippen LogP contribution in [-0.2, 0) is 6.42 Å². The third-order valence-electron chi connectivity index (χ3n) is 6.26. The maximum Gasteiger partial charge on any atom is 0.407 e.